The van der Waals surface area contributed by atoms with Crippen LogP contribution in [0.2, 0.25) is 10.0 Å². The second-order valence-corrected chi connectivity index (χ2v) is 8.66. The normalized spacial score (nSPS) is 14.6. The predicted octanol–water partition coefficient (Wildman–Crippen LogP) is 3.42. The molecule has 1 saturated carbocycles. The lowest BCUT2D eigenvalue weighted by atomic mass is 10.1. The van der Waals surface area contributed by atoms with Gasteiger partial charge in [-0.15, -0.1) is 5.10 Å². The Balaban J connectivity index is 1.76. The first-order valence-corrected chi connectivity index (χ1v) is 10.6. The lowest BCUT2D eigenvalue weighted by Crippen LogP contribution is -2.39. The van der Waals surface area contributed by atoms with E-state index in [0.717, 1.165) is 0 Å². The van der Waals surface area contributed by atoms with Crippen molar-refractivity contribution >= 4 is 40.5 Å². The molecular weight excluding hydrogens is 441 g/mol. The Morgan fingerprint density at radius 3 is 2.48 bits per heavy atom. The molecule has 1 aliphatic rings. The van der Waals surface area contributed by atoms with Crippen molar-refractivity contribution in [1.82, 2.24) is 24.9 Å². The molecule has 1 amide bonds. The molecule has 0 bridgehead atoms. The number of hydrogen-bond donors (Lipinski definition) is 1. The number of Topliss-reactive ketones (excluding diaryl/α,β-unsaturated/α-hetero) is 1. The van der Waals surface area contributed by atoms with Crippen LogP contribution in [0.4, 0.5) is 0 Å². The number of nitrogens with zero attached hydrogens (tertiary/aromatic N) is 4. The first kappa shape index (κ1) is 21.5. The summed E-state index contributed by atoms with van der Waals surface area (Å²) in [7, 11) is 1.51. The number of halogens is 2. The van der Waals surface area contributed by atoms with Gasteiger partial charge in [0.1, 0.15) is 11.1 Å². The predicted molar refractivity (Wildman–Crippen MR) is 116 cm³/mol. The van der Waals surface area contributed by atoms with Gasteiger partial charge in [0.05, 0.1) is 17.2 Å². The number of pyridine rings is 2. The minimum atomic E-state index is -0.778. The standard InChI is InChI=1S/C21H21Cl2N5O3/c1-11(2)25-20(30)21(6-7-21)19-26-18-17(31-3)5-4-15(28(18)27-19)16(29)8-12-13(22)9-24-10-14(12)23/h4-5,9-11H,6-8H2,1-3H3,(H,25,30). The Morgan fingerprint density at radius 1 is 1.23 bits per heavy atom. The number of aromatic nitrogens is 4. The second-order valence-electron chi connectivity index (χ2n) is 7.85. The molecule has 0 spiro atoms. The summed E-state index contributed by atoms with van der Waals surface area (Å²) in [6.07, 6.45) is 4.15. The van der Waals surface area contributed by atoms with E-state index in [1.807, 2.05) is 13.8 Å². The number of ketones is 1. The van der Waals surface area contributed by atoms with E-state index >= 15 is 0 Å². The van der Waals surface area contributed by atoms with E-state index in [4.69, 9.17) is 27.9 Å². The van der Waals surface area contributed by atoms with Gasteiger partial charge in [-0.1, -0.05) is 23.2 Å². The van der Waals surface area contributed by atoms with E-state index in [-0.39, 0.29) is 24.2 Å². The first-order valence-electron chi connectivity index (χ1n) is 9.83. The van der Waals surface area contributed by atoms with Crippen molar-refractivity contribution in [3.63, 3.8) is 0 Å². The Bertz CT molecular complexity index is 1170. The van der Waals surface area contributed by atoms with E-state index in [9.17, 15) is 9.59 Å². The monoisotopic (exact) mass is 461 g/mol. The molecule has 1 aliphatic carbocycles. The Hall–Kier alpha value is -2.71. The zero-order valence-corrected chi connectivity index (χ0v) is 18.8. The third-order valence-corrected chi connectivity index (χ3v) is 5.93. The van der Waals surface area contributed by atoms with Crippen LogP contribution in [0.5, 0.6) is 5.75 Å². The maximum atomic E-state index is 13.1. The van der Waals surface area contributed by atoms with Gasteiger partial charge < -0.3 is 10.1 Å². The van der Waals surface area contributed by atoms with Crippen LogP contribution in [0.1, 0.15) is 48.6 Å². The Labute approximate surface area is 188 Å². The van der Waals surface area contributed by atoms with Crippen molar-refractivity contribution in [3.05, 3.63) is 51.7 Å². The lowest BCUT2D eigenvalue weighted by Gasteiger charge is -2.14. The summed E-state index contributed by atoms with van der Waals surface area (Å²) in [4.78, 5) is 34.4. The molecule has 0 aromatic carbocycles. The highest BCUT2D eigenvalue weighted by molar-refractivity contribution is 6.36. The summed E-state index contributed by atoms with van der Waals surface area (Å²) in [6, 6.07) is 3.28. The van der Waals surface area contributed by atoms with E-state index in [1.54, 1.807) is 12.1 Å². The summed E-state index contributed by atoms with van der Waals surface area (Å²) < 4.78 is 6.84. The molecule has 1 fully saturated rings. The number of rotatable bonds is 7. The topological polar surface area (TPSA) is 98.5 Å². The Morgan fingerprint density at radius 2 is 1.90 bits per heavy atom. The highest BCUT2D eigenvalue weighted by atomic mass is 35.5. The van der Waals surface area contributed by atoms with Crippen molar-refractivity contribution in [3.8, 4) is 5.75 Å². The second kappa shape index (κ2) is 8.09. The molecule has 8 nitrogen and oxygen atoms in total. The molecule has 0 unspecified atom stereocenters. The fourth-order valence-electron chi connectivity index (χ4n) is 3.45. The molecule has 1 N–H and O–H groups in total. The number of methoxy groups -OCH3 is 1. The third kappa shape index (κ3) is 3.85. The van der Waals surface area contributed by atoms with Crippen LogP contribution < -0.4 is 10.1 Å². The summed E-state index contributed by atoms with van der Waals surface area (Å²) in [6.45, 7) is 3.81. The molecule has 3 heterocycles. The van der Waals surface area contributed by atoms with Gasteiger partial charge in [-0.25, -0.2) is 9.50 Å². The molecular formula is C21H21Cl2N5O3. The van der Waals surface area contributed by atoms with Gasteiger partial charge in [-0.3, -0.25) is 14.6 Å². The van der Waals surface area contributed by atoms with Crippen LogP contribution >= 0.6 is 23.2 Å². The maximum absolute atomic E-state index is 13.1. The average molecular weight is 462 g/mol. The van der Waals surface area contributed by atoms with E-state index in [2.05, 4.69) is 20.4 Å². The molecule has 0 aliphatic heterocycles. The highest BCUT2D eigenvalue weighted by Crippen LogP contribution is 2.47. The van der Waals surface area contributed by atoms with E-state index < -0.39 is 5.41 Å². The van der Waals surface area contributed by atoms with E-state index in [1.165, 1.54) is 24.0 Å². The highest BCUT2D eigenvalue weighted by Gasteiger charge is 2.55. The van der Waals surface area contributed by atoms with Crippen LogP contribution in [0.25, 0.3) is 5.65 Å². The smallest absolute Gasteiger partial charge is 0.234 e. The zero-order valence-electron chi connectivity index (χ0n) is 17.3. The van der Waals surface area contributed by atoms with Crippen LogP contribution in [-0.2, 0) is 16.6 Å². The fraction of sp³-hybridized carbons (Fsp3) is 0.381. The number of ether oxygens (including phenoxy) is 1. The summed E-state index contributed by atoms with van der Waals surface area (Å²) >= 11 is 12.4. The largest absolute Gasteiger partial charge is 0.493 e. The van der Waals surface area contributed by atoms with Crippen molar-refractivity contribution in [2.75, 3.05) is 7.11 Å². The number of fused-ring (bicyclic) bond motifs is 1. The zero-order chi connectivity index (χ0) is 22.3. The van der Waals surface area contributed by atoms with Gasteiger partial charge in [0.25, 0.3) is 0 Å². The van der Waals surface area contributed by atoms with Crippen molar-refractivity contribution in [2.45, 2.75) is 44.6 Å². The van der Waals surface area contributed by atoms with Crippen molar-refractivity contribution in [2.24, 2.45) is 0 Å². The number of carbonyl (C=O) groups excluding carboxylic acids is 2. The SMILES string of the molecule is COc1ccc(C(=O)Cc2c(Cl)cncc2Cl)n2nc(C3(C(=O)NC(C)C)CC3)nc12. The third-order valence-electron chi connectivity index (χ3n) is 5.28. The maximum Gasteiger partial charge on any atom is 0.234 e. The van der Waals surface area contributed by atoms with Crippen LogP contribution in [0.15, 0.2) is 24.5 Å². The fourth-order valence-corrected chi connectivity index (χ4v) is 3.95. The average Bonchev–Trinajstić information content (AvgIpc) is 3.41. The molecule has 3 aromatic heterocycles. The lowest BCUT2D eigenvalue weighted by molar-refractivity contribution is -0.124. The summed E-state index contributed by atoms with van der Waals surface area (Å²) in [5, 5.41) is 8.12. The first-order chi connectivity index (χ1) is 14.8. The van der Waals surface area contributed by atoms with Crippen LogP contribution in [0.3, 0.4) is 0 Å². The molecule has 3 aromatic rings. The molecule has 0 atom stereocenters. The molecule has 4 rings (SSSR count). The van der Waals surface area contributed by atoms with Gasteiger partial charge in [-0.2, -0.15) is 0 Å². The number of amides is 1. The van der Waals surface area contributed by atoms with Gasteiger partial charge in [0, 0.05) is 30.4 Å². The Kier molecular flexibility index (Phi) is 5.61. The molecule has 10 heteroatoms. The molecule has 162 valence electrons. The van der Waals surface area contributed by atoms with Gasteiger partial charge in [0.15, 0.2) is 23.0 Å². The number of nitrogens with one attached hydrogen (secondary N) is 1. The minimum Gasteiger partial charge on any atom is -0.493 e. The molecule has 31 heavy (non-hydrogen) atoms. The van der Waals surface area contributed by atoms with E-state index in [0.29, 0.717) is 51.4 Å². The van der Waals surface area contributed by atoms with Crippen LogP contribution in [-0.4, -0.2) is 44.4 Å². The number of hydrogen-bond acceptors (Lipinski definition) is 6. The van der Waals surface area contributed by atoms with Crippen molar-refractivity contribution < 1.29 is 14.3 Å². The van der Waals surface area contributed by atoms with Gasteiger partial charge >= 0.3 is 0 Å². The van der Waals surface area contributed by atoms with Gasteiger partial charge in [0.2, 0.25) is 5.91 Å². The van der Waals surface area contributed by atoms with Crippen LogP contribution in [0, 0.1) is 0 Å². The quantitative estimate of drug-likeness (QED) is 0.541. The number of carbonyl (C=O) groups is 2. The molecule has 0 radical (unpaired) electrons. The summed E-state index contributed by atoms with van der Waals surface area (Å²) in [5.74, 6) is 0.468. The van der Waals surface area contributed by atoms with Crippen molar-refractivity contribution in [1.29, 1.82) is 0 Å². The summed E-state index contributed by atoms with van der Waals surface area (Å²) in [5.41, 5.74) is 0.374. The minimum absolute atomic E-state index is 0.00328. The van der Waals surface area contributed by atoms with Gasteiger partial charge in [-0.05, 0) is 38.8 Å². The molecule has 0 saturated heterocycles.